The summed E-state index contributed by atoms with van der Waals surface area (Å²) in [4.78, 5) is 12.1. The van der Waals surface area contributed by atoms with Crippen LogP contribution in [-0.4, -0.2) is 198 Å². The summed E-state index contributed by atoms with van der Waals surface area (Å²) in [5, 5.41) is 117. The summed E-state index contributed by atoms with van der Waals surface area (Å²) in [5.74, 6) is -0.691. The molecule has 20 nitrogen and oxygen atoms in total. The molecule has 0 saturated carbocycles. The fourth-order valence-corrected chi connectivity index (χ4v) is 5.81. The molecular formula is C26H45NO19. The molecule has 1 amide bonds. The Hall–Kier alpha value is -1.25. The minimum atomic E-state index is -1.92. The van der Waals surface area contributed by atoms with E-state index < -0.39 is 142 Å². The molecule has 20 heteroatoms. The highest BCUT2D eigenvalue weighted by Gasteiger charge is 2.55. The Balaban J connectivity index is 1.68. The van der Waals surface area contributed by atoms with Gasteiger partial charge >= 0.3 is 0 Å². The molecule has 4 saturated heterocycles. The quantitative estimate of drug-likeness (QED) is 0.108. The largest absolute Gasteiger partial charge is 0.394 e. The van der Waals surface area contributed by atoms with Crippen molar-refractivity contribution in [3.8, 4) is 0 Å². The van der Waals surface area contributed by atoms with Gasteiger partial charge in [0.15, 0.2) is 25.2 Å². The second-order valence-electron chi connectivity index (χ2n) is 11.8. The molecule has 0 aromatic heterocycles. The fraction of sp³-hybridized carbons (Fsp3) is 0.962. The van der Waals surface area contributed by atoms with Crippen molar-refractivity contribution in [1.82, 2.24) is 5.32 Å². The predicted molar refractivity (Wildman–Crippen MR) is 143 cm³/mol. The first kappa shape index (κ1) is 37.6. The maximum absolute atomic E-state index is 12.1. The Kier molecular flexibility index (Phi) is 12.7. The van der Waals surface area contributed by atoms with E-state index >= 15 is 0 Å². The Bertz CT molecular complexity index is 997. The first-order chi connectivity index (χ1) is 21.6. The van der Waals surface area contributed by atoms with E-state index in [2.05, 4.69) is 5.32 Å². The van der Waals surface area contributed by atoms with Crippen molar-refractivity contribution >= 4 is 5.91 Å². The first-order valence-electron chi connectivity index (χ1n) is 14.8. The van der Waals surface area contributed by atoms with E-state index in [1.54, 1.807) is 0 Å². The number of hydrogen-bond acceptors (Lipinski definition) is 19. The van der Waals surface area contributed by atoms with E-state index in [9.17, 15) is 61.0 Å². The van der Waals surface area contributed by atoms with Crippen LogP contribution in [0.25, 0.3) is 0 Å². The van der Waals surface area contributed by atoms with Crippen molar-refractivity contribution < 1.29 is 94.1 Å². The van der Waals surface area contributed by atoms with Crippen LogP contribution in [0.4, 0.5) is 0 Å². The lowest BCUT2D eigenvalue weighted by Crippen LogP contribution is -2.70. The Morgan fingerprint density at radius 1 is 0.565 bits per heavy atom. The van der Waals surface area contributed by atoms with Crippen molar-refractivity contribution in [3.05, 3.63) is 0 Å². The molecule has 4 fully saturated rings. The molecule has 0 aromatic rings. The number of ether oxygens (including phenoxy) is 7. The molecule has 1 unspecified atom stereocenters. The van der Waals surface area contributed by atoms with Crippen LogP contribution >= 0.6 is 0 Å². The number of rotatable bonds is 9. The molecule has 4 aliphatic heterocycles. The van der Waals surface area contributed by atoms with Crippen molar-refractivity contribution in [3.63, 3.8) is 0 Å². The van der Waals surface area contributed by atoms with Gasteiger partial charge in [-0.25, -0.2) is 0 Å². The topological polar surface area (TPSA) is 316 Å². The minimum Gasteiger partial charge on any atom is -0.394 e. The van der Waals surface area contributed by atoms with Gasteiger partial charge in [-0.1, -0.05) is 0 Å². The standard InChI is InChI=1S/C26H45NO19/c1-6-12(31)15(34)18(37)24(40-6)45-21-11(27-8(3)30)23(39)42-10(5-29)20(21)44-26-22(17(36)14(33)9(4-28)43-26)46-25-19(38)16(35)13(32)7(2)41-25/h6-7,9-26,28-29,31-39H,4-5H2,1-3H3,(H,27,30)/t6-,7-,9-,10-,11-,12+,13+,14+,15+,16+,17+,18-,19-,20-,21-,22-,23?,24-,25-,26+/m1/s1. The lowest BCUT2D eigenvalue weighted by atomic mass is 9.94. The third-order valence-electron chi connectivity index (χ3n) is 8.53. The fourth-order valence-electron chi connectivity index (χ4n) is 5.81. The SMILES string of the molecule is CC(=O)N[C@H]1C(O)O[C@H](CO)[C@@H](O[C@@H]2O[C@H](CO)[C@H](O)[C@H](O)[C@H]2O[C@H]2O[C@H](C)[C@H](O)[C@H](O)[C@H]2O)[C@@H]1O[C@H]1O[C@H](C)[C@H](O)[C@H](O)[C@H]1O. The second-order valence-corrected chi connectivity index (χ2v) is 11.8. The zero-order valence-corrected chi connectivity index (χ0v) is 25.1. The normalized spacial score (nSPS) is 51.9. The van der Waals surface area contributed by atoms with E-state index in [1.165, 1.54) is 13.8 Å². The number of amides is 1. The molecule has 20 atom stereocenters. The van der Waals surface area contributed by atoms with Gasteiger partial charge < -0.3 is 94.6 Å². The van der Waals surface area contributed by atoms with Gasteiger partial charge in [-0.05, 0) is 13.8 Å². The maximum atomic E-state index is 12.1. The molecular weight excluding hydrogens is 630 g/mol. The van der Waals surface area contributed by atoms with Crippen molar-refractivity contribution in [2.24, 2.45) is 0 Å². The zero-order chi connectivity index (χ0) is 34.2. The monoisotopic (exact) mass is 675 g/mol. The number of nitrogens with one attached hydrogen (secondary N) is 1. The van der Waals surface area contributed by atoms with Gasteiger partial charge in [0.05, 0.1) is 25.4 Å². The van der Waals surface area contributed by atoms with Crippen molar-refractivity contribution in [1.29, 1.82) is 0 Å². The van der Waals surface area contributed by atoms with Gasteiger partial charge in [0.25, 0.3) is 0 Å². The average molecular weight is 676 g/mol. The van der Waals surface area contributed by atoms with Gasteiger partial charge in [-0.3, -0.25) is 4.79 Å². The molecule has 12 N–H and O–H groups in total. The van der Waals surface area contributed by atoms with Crippen molar-refractivity contribution in [2.75, 3.05) is 13.2 Å². The number of aliphatic hydroxyl groups excluding tert-OH is 11. The zero-order valence-electron chi connectivity index (χ0n) is 25.1. The summed E-state index contributed by atoms with van der Waals surface area (Å²) in [6, 6.07) is -1.51. The minimum absolute atomic E-state index is 0.691. The van der Waals surface area contributed by atoms with Crippen LogP contribution in [0.2, 0.25) is 0 Å². The third kappa shape index (κ3) is 7.64. The van der Waals surface area contributed by atoms with Crippen LogP contribution in [0.15, 0.2) is 0 Å². The van der Waals surface area contributed by atoms with Gasteiger partial charge in [-0.15, -0.1) is 0 Å². The molecule has 0 spiro atoms. The molecule has 4 heterocycles. The highest BCUT2D eigenvalue weighted by molar-refractivity contribution is 5.73. The smallest absolute Gasteiger partial charge is 0.217 e. The molecule has 4 rings (SSSR count). The van der Waals surface area contributed by atoms with Gasteiger partial charge in [0.1, 0.15) is 85.4 Å². The number of carbonyl (C=O) groups excluding carboxylic acids is 1. The summed E-state index contributed by atoms with van der Waals surface area (Å²) in [7, 11) is 0. The van der Waals surface area contributed by atoms with Crippen LogP contribution in [0.5, 0.6) is 0 Å². The number of aliphatic hydroxyl groups is 11. The molecule has 0 radical (unpaired) electrons. The summed E-state index contributed by atoms with van der Waals surface area (Å²) >= 11 is 0. The maximum Gasteiger partial charge on any atom is 0.217 e. The van der Waals surface area contributed by atoms with Crippen LogP contribution in [0, 0.1) is 0 Å². The predicted octanol–water partition coefficient (Wildman–Crippen LogP) is -7.55. The van der Waals surface area contributed by atoms with E-state index in [1.807, 2.05) is 0 Å². The van der Waals surface area contributed by atoms with E-state index in [-0.39, 0.29) is 0 Å². The molecule has 46 heavy (non-hydrogen) atoms. The molecule has 4 aliphatic rings. The van der Waals surface area contributed by atoms with E-state index in [4.69, 9.17) is 33.2 Å². The highest BCUT2D eigenvalue weighted by atomic mass is 16.8. The van der Waals surface area contributed by atoms with Crippen molar-refractivity contribution in [2.45, 2.75) is 144 Å². The molecule has 0 bridgehead atoms. The molecule has 0 aromatic carbocycles. The van der Waals surface area contributed by atoms with Crippen LogP contribution in [-0.2, 0) is 38.0 Å². The van der Waals surface area contributed by atoms with Crippen LogP contribution in [0.1, 0.15) is 20.8 Å². The third-order valence-corrected chi connectivity index (χ3v) is 8.53. The van der Waals surface area contributed by atoms with Gasteiger partial charge in [-0.2, -0.15) is 0 Å². The Morgan fingerprint density at radius 3 is 1.52 bits per heavy atom. The van der Waals surface area contributed by atoms with Gasteiger partial charge in [0.2, 0.25) is 5.91 Å². The van der Waals surface area contributed by atoms with E-state index in [0.717, 1.165) is 6.92 Å². The molecule has 268 valence electrons. The lowest BCUT2D eigenvalue weighted by Gasteiger charge is -2.50. The second kappa shape index (κ2) is 15.5. The Morgan fingerprint density at radius 2 is 1.04 bits per heavy atom. The summed E-state index contributed by atoms with van der Waals surface area (Å²) < 4.78 is 39.8. The number of hydrogen-bond donors (Lipinski definition) is 12. The molecule has 0 aliphatic carbocycles. The summed E-state index contributed by atoms with van der Waals surface area (Å²) in [5.41, 5.74) is 0. The lowest BCUT2D eigenvalue weighted by molar-refractivity contribution is -0.391. The van der Waals surface area contributed by atoms with Crippen LogP contribution < -0.4 is 5.32 Å². The average Bonchev–Trinajstić information content (AvgIpc) is 3.01. The van der Waals surface area contributed by atoms with Gasteiger partial charge in [0, 0.05) is 6.92 Å². The Labute approximate surface area is 262 Å². The van der Waals surface area contributed by atoms with Crippen LogP contribution in [0.3, 0.4) is 0 Å². The highest BCUT2D eigenvalue weighted by Crippen LogP contribution is 2.35. The number of carbonyl (C=O) groups is 1. The summed E-state index contributed by atoms with van der Waals surface area (Å²) in [6.07, 6.45) is -31.2. The summed E-state index contributed by atoms with van der Waals surface area (Å²) in [6.45, 7) is 2.15. The first-order valence-corrected chi connectivity index (χ1v) is 14.8. The van der Waals surface area contributed by atoms with E-state index in [0.29, 0.717) is 0 Å².